The summed E-state index contributed by atoms with van der Waals surface area (Å²) >= 11 is 0. The van der Waals surface area contributed by atoms with Gasteiger partial charge >= 0.3 is 0 Å². The molecule has 3 N–H and O–H groups in total. The molecule has 0 aliphatic heterocycles. The van der Waals surface area contributed by atoms with Crippen LogP contribution in [0.2, 0.25) is 0 Å². The van der Waals surface area contributed by atoms with Crippen LogP contribution in [0, 0.1) is 0 Å². The lowest BCUT2D eigenvalue weighted by molar-refractivity contribution is 0.463. The van der Waals surface area contributed by atoms with E-state index in [0.29, 0.717) is 5.75 Å². The van der Waals surface area contributed by atoms with Gasteiger partial charge in [0.15, 0.2) is 0 Å². The Morgan fingerprint density at radius 2 is 2.00 bits per heavy atom. The molecule has 1 heterocycles. The highest BCUT2D eigenvalue weighted by Crippen LogP contribution is 2.30. The summed E-state index contributed by atoms with van der Waals surface area (Å²) in [5.41, 5.74) is 3.13. The van der Waals surface area contributed by atoms with Gasteiger partial charge in [-0.1, -0.05) is 25.1 Å². The van der Waals surface area contributed by atoms with E-state index in [0.717, 1.165) is 23.2 Å². The zero-order valence-corrected chi connectivity index (χ0v) is 11.4. The molecule has 20 heavy (non-hydrogen) atoms. The second kappa shape index (κ2) is 5.29. The van der Waals surface area contributed by atoms with Gasteiger partial charge in [0.25, 0.3) is 0 Å². The van der Waals surface area contributed by atoms with Crippen LogP contribution >= 0.6 is 0 Å². The Morgan fingerprint density at radius 3 is 2.80 bits per heavy atom. The summed E-state index contributed by atoms with van der Waals surface area (Å²) < 4.78 is 0. The normalized spacial score (nSPS) is 12.4. The molecule has 1 aromatic heterocycles. The van der Waals surface area contributed by atoms with Gasteiger partial charge in [-0.25, -0.2) is 0 Å². The Kier molecular flexibility index (Phi) is 3.33. The molecule has 102 valence electrons. The molecule has 0 amide bonds. The van der Waals surface area contributed by atoms with Crippen LogP contribution in [-0.4, -0.2) is 10.1 Å². The summed E-state index contributed by atoms with van der Waals surface area (Å²) in [4.78, 5) is 3.19. The highest BCUT2D eigenvalue weighted by molar-refractivity contribution is 5.83. The van der Waals surface area contributed by atoms with Crippen molar-refractivity contribution in [3.05, 3.63) is 60.3 Å². The molecule has 0 spiro atoms. The number of phenolic OH excluding ortho intramolecular Hbond substituents is 1. The molecule has 3 heteroatoms. The smallest absolute Gasteiger partial charge is 0.120 e. The van der Waals surface area contributed by atoms with Gasteiger partial charge < -0.3 is 15.4 Å². The first-order chi connectivity index (χ1) is 9.78. The van der Waals surface area contributed by atoms with Crippen molar-refractivity contribution in [2.24, 2.45) is 0 Å². The summed E-state index contributed by atoms with van der Waals surface area (Å²) in [5.74, 6) is 0.342. The number of aromatic nitrogens is 1. The van der Waals surface area contributed by atoms with E-state index in [1.807, 2.05) is 24.4 Å². The van der Waals surface area contributed by atoms with E-state index >= 15 is 0 Å². The number of hydrogen-bond acceptors (Lipinski definition) is 2. The maximum Gasteiger partial charge on any atom is 0.120 e. The highest BCUT2D eigenvalue weighted by atomic mass is 16.3. The predicted molar refractivity (Wildman–Crippen MR) is 83.1 cm³/mol. The van der Waals surface area contributed by atoms with Gasteiger partial charge in [-0.2, -0.15) is 0 Å². The van der Waals surface area contributed by atoms with Crippen LogP contribution in [0.3, 0.4) is 0 Å². The van der Waals surface area contributed by atoms with Gasteiger partial charge in [-0.3, -0.25) is 0 Å². The molecule has 2 aromatic carbocycles. The first-order valence-electron chi connectivity index (χ1n) is 6.89. The van der Waals surface area contributed by atoms with E-state index in [1.54, 1.807) is 6.07 Å². The molecule has 1 atom stereocenters. The van der Waals surface area contributed by atoms with Gasteiger partial charge in [0.1, 0.15) is 5.75 Å². The Hall–Kier alpha value is -2.42. The van der Waals surface area contributed by atoms with Crippen LogP contribution in [-0.2, 0) is 0 Å². The fourth-order valence-electron chi connectivity index (χ4n) is 2.53. The van der Waals surface area contributed by atoms with E-state index < -0.39 is 0 Å². The number of aromatic amines is 1. The zero-order valence-electron chi connectivity index (χ0n) is 11.4. The monoisotopic (exact) mass is 266 g/mol. The lowest BCUT2D eigenvalue weighted by Gasteiger charge is -2.19. The van der Waals surface area contributed by atoms with Gasteiger partial charge in [-0.05, 0) is 36.8 Å². The predicted octanol–water partition coefficient (Wildman–Crippen LogP) is 4.44. The largest absolute Gasteiger partial charge is 0.508 e. The number of aromatic hydroxyl groups is 1. The lowest BCUT2D eigenvalue weighted by Crippen LogP contribution is -2.09. The molecule has 3 nitrogen and oxygen atoms in total. The van der Waals surface area contributed by atoms with E-state index in [9.17, 15) is 5.11 Å². The van der Waals surface area contributed by atoms with Crippen LogP contribution in [0.5, 0.6) is 5.75 Å². The Balaban J connectivity index is 1.89. The molecular weight excluding hydrogens is 248 g/mol. The molecule has 0 saturated carbocycles. The maximum absolute atomic E-state index is 9.98. The highest BCUT2D eigenvalue weighted by Gasteiger charge is 2.13. The molecule has 3 aromatic rings. The minimum Gasteiger partial charge on any atom is -0.508 e. The molecule has 0 radical (unpaired) electrons. The molecule has 3 rings (SSSR count). The number of nitrogens with one attached hydrogen (secondary N) is 2. The summed E-state index contributed by atoms with van der Waals surface area (Å²) in [6.07, 6.45) is 2.84. The third-order valence-corrected chi connectivity index (χ3v) is 3.61. The van der Waals surface area contributed by atoms with Gasteiger partial charge in [-0.15, -0.1) is 0 Å². The van der Waals surface area contributed by atoms with Crippen LogP contribution < -0.4 is 5.32 Å². The molecular formula is C17H18N2O. The number of fused-ring (bicyclic) bond motifs is 1. The fourth-order valence-corrected chi connectivity index (χ4v) is 2.53. The minimum atomic E-state index is 0.104. The quantitative estimate of drug-likeness (QED) is 0.654. The zero-order chi connectivity index (χ0) is 13.9. The van der Waals surface area contributed by atoms with Crippen LogP contribution in [0.1, 0.15) is 24.9 Å². The molecule has 0 saturated heterocycles. The van der Waals surface area contributed by atoms with E-state index in [1.165, 1.54) is 5.39 Å². The SMILES string of the molecule is CCC(Nc1ccc2[nH]ccc2c1)c1ccccc1O. The van der Waals surface area contributed by atoms with Crippen LogP contribution in [0.15, 0.2) is 54.7 Å². The molecule has 0 aliphatic rings. The Morgan fingerprint density at radius 1 is 1.15 bits per heavy atom. The molecule has 1 unspecified atom stereocenters. The number of anilines is 1. The van der Waals surface area contributed by atoms with Crippen molar-refractivity contribution in [2.45, 2.75) is 19.4 Å². The van der Waals surface area contributed by atoms with Gasteiger partial charge in [0, 0.05) is 28.4 Å². The Bertz CT molecular complexity index is 718. The number of phenols is 1. The van der Waals surface area contributed by atoms with E-state index in [4.69, 9.17) is 0 Å². The van der Waals surface area contributed by atoms with E-state index in [2.05, 4.69) is 41.5 Å². The van der Waals surface area contributed by atoms with Crippen molar-refractivity contribution < 1.29 is 5.11 Å². The Labute approximate surface area is 118 Å². The standard InChI is InChI=1S/C17H18N2O/c1-2-15(14-5-3-4-6-17(14)20)19-13-7-8-16-12(11-13)9-10-18-16/h3-11,15,18-20H,2H2,1H3. The number of hydrogen-bond donors (Lipinski definition) is 3. The van der Waals surface area contributed by atoms with Crippen molar-refractivity contribution in [1.29, 1.82) is 0 Å². The van der Waals surface area contributed by atoms with Crippen LogP contribution in [0.25, 0.3) is 10.9 Å². The summed E-state index contributed by atoms with van der Waals surface area (Å²) in [6.45, 7) is 2.11. The number of para-hydroxylation sites is 1. The average molecular weight is 266 g/mol. The van der Waals surface area contributed by atoms with Crippen molar-refractivity contribution >= 4 is 16.6 Å². The van der Waals surface area contributed by atoms with Crippen molar-refractivity contribution in [3.63, 3.8) is 0 Å². The third-order valence-electron chi connectivity index (χ3n) is 3.61. The topological polar surface area (TPSA) is 48.0 Å². The van der Waals surface area contributed by atoms with Crippen molar-refractivity contribution in [1.82, 2.24) is 4.98 Å². The number of benzene rings is 2. The maximum atomic E-state index is 9.98. The van der Waals surface area contributed by atoms with Crippen molar-refractivity contribution in [2.75, 3.05) is 5.32 Å². The molecule has 0 fully saturated rings. The summed E-state index contributed by atoms with van der Waals surface area (Å²) in [7, 11) is 0. The first kappa shape index (κ1) is 12.6. The van der Waals surface area contributed by atoms with E-state index in [-0.39, 0.29) is 6.04 Å². The third kappa shape index (κ3) is 2.35. The lowest BCUT2D eigenvalue weighted by atomic mass is 10.0. The second-order valence-corrected chi connectivity index (χ2v) is 4.94. The van der Waals surface area contributed by atoms with Crippen molar-refractivity contribution in [3.8, 4) is 5.75 Å². The van der Waals surface area contributed by atoms with Gasteiger partial charge in [0.2, 0.25) is 0 Å². The summed E-state index contributed by atoms with van der Waals surface area (Å²) in [6, 6.07) is 15.9. The number of rotatable bonds is 4. The average Bonchev–Trinajstić information content (AvgIpc) is 2.93. The fraction of sp³-hybridized carbons (Fsp3) is 0.176. The minimum absolute atomic E-state index is 0.104. The number of H-pyrrole nitrogens is 1. The molecule has 0 bridgehead atoms. The summed E-state index contributed by atoms with van der Waals surface area (Å²) in [5, 5.41) is 14.7. The van der Waals surface area contributed by atoms with Crippen LogP contribution in [0.4, 0.5) is 5.69 Å². The first-order valence-corrected chi connectivity index (χ1v) is 6.89. The molecule has 0 aliphatic carbocycles. The van der Waals surface area contributed by atoms with Gasteiger partial charge in [0.05, 0.1) is 6.04 Å². The second-order valence-electron chi connectivity index (χ2n) is 4.94.